The second-order valence-electron chi connectivity index (χ2n) is 9.58. The van der Waals surface area contributed by atoms with Gasteiger partial charge in [-0.2, -0.15) is 0 Å². The van der Waals surface area contributed by atoms with Gasteiger partial charge in [0.15, 0.2) is 0 Å². The van der Waals surface area contributed by atoms with Gasteiger partial charge in [0.2, 0.25) is 13.6 Å². The molecule has 3 atom stereocenters. The third-order valence-electron chi connectivity index (χ3n) is 6.56. The summed E-state index contributed by atoms with van der Waals surface area (Å²) < 4.78 is 32.0. The minimum Gasteiger partial charge on any atom is -0.459 e. The Hall–Kier alpha value is -4.60. The Bertz CT molecular complexity index is 1300. The van der Waals surface area contributed by atoms with Crippen molar-refractivity contribution in [1.82, 2.24) is 0 Å². The van der Waals surface area contributed by atoms with Gasteiger partial charge in [-0.05, 0) is 86.6 Å². The van der Waals surface area contributed by atoms with Gasteiger partial charge in [0, 0.05) is 12.2 Å². The van der Waals surface area contributed by atoms with Crippen LogP contribution in [0.2, 0.25) is 0 Å². The van der Waals surface area contributed by atoms with Crippen molar-refractivity contribution in [3.8, 4) is 11.5 Å². The quantitative estimate of drug-likeness (QED) is 0.150. The maximum Gasteiger partial charge on any atom is 0.338 e. The molecule has 41 heavy (non-hydrogen) atoms. The highest BCUT2D eigenvalue weighted by atomic mass is 16.7. The van der Waals surface area contributed by atoms with E-state index in [4.69, 9.17) is 28.4 Å². The Balaban J connectivity index is 1.48. The molecular formula is C31H34O10. The van der Waals surface area contributed by atoms with Crippen LogP contribution in [0.5, 0.6) is 11.5 Å². The summed E-state index contributed by atoms with van der Waals surface area (Å²) in [7, 11) is 0. The lowest BCUT2D eigenvalue weighted by atomic mass is 9.85. The van der Waals surface area contributed by atoms with E-state index in [-0.39, 0.29) is 31.7 Å². The van der Waals surface area contributed by atoms with Crippen LogP contribution in [0.15, 0.2) is 61.7 Å². The van der Waals surface area contributed by atoms with Gasteiger partial charge in [0.05, 0.1) is 11.1 Å². The molecule has 0 saturated heterocycles. The van der Waals surface area contributed by atoms with Crippen molar-refractivity contribution in [3.05, 3.63) is 84.0 Å². The minimum absolute atomic E-state index is 0.0236. The highest BCUT2D eigenvalue weighted by Crippen LogP contribution is 2.31. The monoisotopic (exact) mass is 566 g/mol. The third kappa shape index (κ3) is 8.96. The summed E-state index contributed by atoms with van der Waals surface area (Å²) in [5.41, 5.74) is 2.12. The second-order valence-corrected chi connectivity index (χ2v) is 9.58. The summed E-state index contributed by atoms with van der Waals surface area (Å²) >= 11 is 0. The molecule has 0 aromatic heterocycles. The molecule has 0 heterocycles. The predicted molar refractivity (Wildman–Crippen MR) is 147 cm³/mol. The van der Waals surface area contributed by atoms with Crippen LogP contribution in [0.1, 0.15) is 58.0 Å². The fourth-order valence-corrected chi connectivity index (χ4v) is 4.32. The lowest BCUT2D eigenvalue weighted by Gasteiger charge is -2.33. The van der Waals surface area contributed by atoms with E-state index in [1.165, 1.54) is 0 Å². The van der Waals surface area contributed by atoms with Crippen molar-refractivity contribution >= 4 is 23.9 Å². The van der Waals surface area contributed by atoms with Crippen molar-refractivity contribution in [3.63, 3.8) is 0 Å². The van der Waals surface area contributed by atoms with E-state index < -0.39 is 23.9 Å². The molecule has 10 nitrogen and oxygen atoms in total. The zero-order valence-electron chi connectivity index (χ0n) is 23.4. The largest absolute Gasteiger partial charge is 0.459 e. The van der Waals surface area contributed by atoms with Crippen LogP contribution in [-0.2, 0) is 28.5 Å². The molecule has 3 rings (SSSR count). The SMILES string of the molecule is C=CC(=O)OCOc1ccc(C(=O)OC2CCC(OC(=O)c3ccc(OCOC(=O)C=C)c(C)c3)C(C)C2)cc1C. The van der Waals surface area contributed by atoms with E-state index in [0.29, 0.717) is 53.0 Å². The highest BCUT2D eigenvalue weighted by molar-refractivity contribution is 5.90. The first-order valence-corrected chi connectivity index (χ1v) is 13.1. The molecule has 1 aliphatic rings. The first kappa shape index (κ1) is 30.9. The fourth-order valence-electron chi connectivity index (χ4n) is 4.32. The lowest BCUT2D eigenvalue weighted by molar-refractivity contribution is -0.145. The maximum absolute atomic E-state index is 12.8. The Morgan fingerprint density at radius 1 is 0.780 bits per heavy atom. The molecule has 2 aromatic rings. The summed E-state index contributed by atoms with van der Waals surface area (Å²) in [6.07, 6.45) is 3.11. The number of aryl methyl sites for hydroxylation is 2. The van der Waals surface area contributed by atoms with E-state index in [0.717, 1.165) is 12.2 Å². The van der Waals surface area contributed by atoms with Crippen LogP contribution >= 0.6 is 0 Å². The molecule has 0 N–H and O–H groups in total. The molecule has 1 fully saturated rings. The van der Waals surface area contributed by atoms with E-state index in [2.05, 4.69) is 13.2 Å². The molecule has 0 amide bonds. The number of benzene rings is 2. The van der Waals surface area contributed by atoms with Gasteiger partial charge in [-0.25, -0.2) is 19.2 Å². The summed E-state index contributed by atoms with van der Waals surface area (Å²) in [4.78, 5) is 47.9. The molecular weight excluding hydrogens is 532 g/mol. The van der Waals surface area contributed by atoms with Gasteiger partial charge in [-0.1, -0.05) is 20.1 Å². The van der Waals surface area contributed by atoms with Crippen LogP contribution in [0.25, 0.3) is 0 Å². The molecule has 1 aliphatic carbocycles. The molecule has 0 radical (unpaired) electrons. The van der Waals surface area contributed by atoms with Crippen LogP contribution in [-0.4, -0.2) is 49.7 Å². The van der Waals surface area contributed by atoms with Gasteiger partial charge in [0.25, 0.3) is 0 Å². The van der Waals surface area contributed by atoms with E-state index in [9.17, 15) is 19.2 Å². The standard InChI is InChI=1S/C31H34O10/c1-6-28(32)38-17-36-25-11-8-22(14-19(25)3)30(34)40-24-10-13-27(21(5)16-24)41-31(35)23-9-12-26(20(4)15-23)37-18-39-29(33)7-2/h6-9,11-12,14-15,21,24,27H,1-2,10,13,16-18H2,3-5H3. The molecule has 0 bridgehead atoms. The topological polar surface area (TPSA) is 124 Å². The molecule has 10 heteroatoms. The Kier molecular flexibility index (Phi) is 11.1. The number of esters is 4. The van der Waals surface area contributed by atoms with Crippen molar-refractivity contribution < 1.29 is 47.6 Å². The first-order valence-electron chi connectivity index (χ1n) is 13.1. The van der Waals surface area contributed by atoms with Crippen LogP contribution in [0.4, 0.5) is 0 Å². The molecule has 218 valence electrons. The maximum atomic E-state index is 12.8. The zero-order chi connectivity index (χ0) is 29.9. The van der Waals surface area contributed by atoms with Gasteiger partial charge in [-0.3, -0.25) is 0 Å². The Morgan fingerprint density at radius 2 is 1.27 bits per heavy atom. The molecule has 3 unspecified atom stereocenters. The number of ether oxygens (including phenoxy) is 6. The third-order valence-corrected chi connectivity index (χ3v) is 6.56. The molecule has 0 aliphatic heterocycles. The fraction of sp³-hybridized carbons (Fsp3) is 0.355. The van der Waals surface area contributed by atoms with Crippen LogP contribution < -0.4 is 9.47 Å². The van der Waals surface area contributed by atoms with Crippen molar-refractivity contribution in [2.24, 2.45) is 5.92 Å². The number of carbonyl (C=O) groups excluding carboxylic acids is 4. The highest BCUT2D eigenvalue weighted by Gasteiger charge is 2.32. The van der Waals surface area contributed by atoms with E-state index in [1.807, 2.05) is 6.92 Å². The average molecular weight is 567 g/mol. The van der Waals surface area contributed by atoms with Gasteiger partial charge < -0.3 is 28.4 Å². The zero-order valence-corrected chi connectivity index (χ0v) is 23.4. The van der Waals surface area contributed by atoms with Crippen molar-refractivity contribution in [2.75, 3.05) is 13.6 Å². The van der Waals surface area contributed by atoms with E-state index >= 15 is 0 Å². The number of carbonyl (C=O) groups is 4. The molecule has 2 aromatic carbocycles. The summed E-state index contributed by atoms with van der Waals surface area (Å²) in [6, 6.07) is 9.70. The van der Waals surface area contributed by atoms with Crippen LogP contribution in [0, 0.1) is 19.8 Å². The summed E-state index contributed by atoms with van der Waals surface area (Å²) in [5.74, 6) is -1.18. The molecule has 1 saturated carbocycles. The Labute approximate surface area is 238 Å². The number of hydrogen-bond donors (Lipinski definition) is 0. The normalized spacial score (nSPS) is 17.9. The number of hydrogen-bond acceptors (Lipinski definition) is 10. The minimum atomic E-state index is -0.595. The lowest BCUT2D eigenvalue weighted by Crippen LogP contribution is -2.35. The summed E-state index contributed by atoms with van der Waals surface area (Å²) in [5, 5.41) is 0. The summed E-state index contributed by atoms with van der Waals surface area (Å²) in [6.45, 7) is 11.6. The van der Waals surface area contributed by atoms with Crippen LogP contribution in [0.3, 0.4) is 0 Å². The smallest absolute Gasteiger partial charge is 0.338 e. The first-order chi connectivity index (χ1) is 19.6. The Morgan fingerprint density at radius 3 is 1.71 bits per heavy atom. The van der Waals surface area contributed by atoms with Crippen molar-refractivity contribution in [2.45, 2.75) is 52.2 Å². The molecule has 0 spiro atoms. The number of rotatable bonds is 12. The average Bonchev–Trinajstić information content (AvgIpc) is 2.95. The van der Waals surface area contributed by atoms with Gasteiger partial charge >= 0.3 is 23.9 Å². The van der Waals surface area contributed by atoms with E-state index in [1.54, 1.807) is 50.2 Å². The second kappa shape index (κ2) is 14.7. The van der Waals surface area contributed by atoms with Gasteiger partial charge in [0.1, 0.15) is 23.7 Å². The van der Waals surface area contributed by atoms with Crippen molar-refractivity contribution in [1.29, 1.82) is 0 Å². The van der Waals surface area contributed by atoms with Gasteiger partial charge in [-0.15, -0.1) is 0 Å². The predicted octanol–water partition coefficient (Wildman–Crippen LogP) is 5.01.